The zero-order chi connectivity index (χ0) is 11.2. The summed E-state index contributed by atoms with van der Waals surface area (Å²) in [5.74, 6) is 1.19. The van der Waals surface area contributed by atoms with Crippen LogP contribution in [0.15, 0.2) is 0 Å². The van der Waals surface area contributed by atoms with Crippen molar-refractivity contribution in [3.05, 3.63) is 0 Å². The van der Waals surface area contributed by atoms with Crippen LogP contribution < -0.4 is 5.73 Å². The van der Waals surface area contributed by atoms with E-state index in [9.17, 15) is 0 Å². The van der Waals surface area contributed by atoms with Gasteiger partial charge in [-0.25, -0.2) is 0 Å². The summed E-state index contributed by atoms with van der Waals surface area (Å²) < 4.78 is 5.91. The second-order valence-electron chi connectivity index (χ2n) is 4.71. The smallest absolute Gasteiger partial charge is 0.146 e. The van der Waals surface area contributed by atoms with Crippen LogP contribution in [0, 0.1) is 11.8 Å². The Balaban J connectivity index is 4.35. The molecule has 0 unspecified atom stereocenters. The summed E-state index contributed by atoms with van der Waals surface area (Å²) in [6, 6.07) is 0. The van der Waals surface area contributed by atoms with Crippen LogP contribution in [0.2, 0.25) is 0 Å². The lowest BCUT2D eigenvalue weighted by Gasteiger charge is -2.41. The molecule has 86 valence electrons. The molecule has 0 aliphatic rings. The van der Waals surface area contributed by atoms with Gasteiger partial charge in [0.15, 0.2) is 0 Å². The van der Waals surface area contributed by atoms with Crippen molar-refractivity contribution in [3.63, 3.8) is 0 Å². The second kappa shape index (κ2) is 6.59. The Bertz CT molecular complexity index is 140. The van der Waals surface area contributed by atoms with Crippen LogP contribution in [-0.2, 0) is 4.43 Å². The highest BCUT2D eigenvalue weighted by atomic mass is 28.2. The number of hydrogen-bond donors (Lipinski definition) is 1. The van der Waals surface area contributed by atoms with E-state index in [1.54, 1.807) is 0 Å². The molecule has 14 heavy (non-hydrogen) atoms. The number of rotatable bonds is 7. The summed E-state index contributed by atoms with van der Waals surface area (Å²) in [6.45, 7) is 9.86. The van der Waals surface area contributed by atoms with Crippen molar-refractivity contribution in [3.8, 4) is 0 Å². The molecule has 0 fully saturated rings. The van der Waals surface area contributed by atoms with Gasteiger partial charge in [-0.15, -0.1) is 0 Å². The van der Waals surface area contributed by atoms with Gasteiger partial charge in [-0.05, 0) is 37.6 Å². The molecule has 0 aromatic rings. The third-order valence-electron chi connectivity index (χ3n) is 3.36. The van der Waals surface area contributed by atoms with E-state index in [0.29, 0.717) is 11.8 Å². The standard InChI is InChI=1S/C11H27NOSi/c1-9(2)11(13-14,10(3)4)7-5-6-8-12/h9-10H,5-8,12H2,1-4,14H3. The van der Waals surface area contributed by atoms with Gasteiger partial charge >= 0.3 is 0 Å². The maximum absolute atomic E-state index is 5.91. The van der Waals surface area contributed by atoms with Crippen molar-refractivity contribution in [1.82, 2.24) is 0 Å². The van der Waals surface area contributed by atoms with Gasteiger partial charge in [0.25, 0.3) is 0 Å². The first-order chi connectivity index (χ1) is 6.51. The molecule has 0 amide bonds. The topological polar surface area (TPSA) is 35.2 Å². The lowest BCUT2D eigenvalue weighted by atomic mass is 9.77. The summed E-state index contributed by atoms with van der Waals surface area (Å²) in [5, 5.41) is 0. The van der Waals surface area contributed by atoms with Crippen LogP contribution in [0.4, 0.5) is 0 Å². The van der Waals surface area contributed by atoms with Gasteiger partial charge in [-0.1, -0.05) is 27.7 Å². The lowest BCUT2D eigenvalue weighted by Crippen LogP contribution is -2.43. The van der Waals surface area contributed by atoms with E-state index in [0.717, 1.165) is 29.9 Å². The Morgan fingerprint density at radius 2 is 1.64 bits per heavy atom. The molecule has 0 aromatic heterocycles. The van der Waals surface area contributed by atoms with E-state index in [1.165, 1.54) is 6.42 Å². The van der Waals surface area contributed by atoms with E-state index in [1.807, 2.05) is 0 Å². The zero-order valence-electron chi connectivity index (χ0n) is 10.5. The highest BCUT2D eigenvalue weighted by Gasteiger charge is 2.35. The molecule has 0 aromatic carbocycles. The van der Waals surface area contributed by atoms with Gasteiger partial charge in [-0.2, -0.15) is 0 Å². The van der Waals surface area contributed by atoms with Crippen LogP contribution in [-0.4, -0.2) is 22.6 Å². The molecule has 0 saturated heterocycles. The molecule has 3 heteroatoms. The molecular formula is C11H27NOSi. The number of unbranched alkanes of at least 4 members (excludes halogenated alkanes) is 1. The van der Waals surface area contributed by atoms with Gasteiger partial charge in [0.2, 0.25) is 0 Å². The lowest BCUT2D eigenvalue weighted by molar-refractivity contribution is -0.0241. The fourth-order valence-corrected chi connectivity index (χ4v) is 3.51. The highest BCUT2D eigenvalue weighted by molar-refractivity contribution is 5.98. The van der Waals surface area contributed by atoms with Crippen LogP contribution >= 0.6 is 0 Å². The van der Waals surface area contributed by atoms with Crippen molar-refractivity contribution < 1.29 is 4.43 Å². The van der Waals surface area contributed by atoms with Crippen molar-refractivity contribution in [2.24, 2.45) is 17.6 Å². The summed E-state index contributed by atoms with van der Waals surface area (Å²) in [6.07, 6.45) is 3.46. The Morgan fingerprint density at radius 3 is 1.93 bits per heavy atom. The van der Waals surface area contributed by atoms with Crippen molar-refractivity contribution in [2.45, 2.75) is 52.6 Å². The Kier molecular flexibility index (Phi) is 6.65. The summed E-state index contributed by atoms with van der Waals surface area (Å²) in [4.78, 5) is 0. The number of hydrogen-bond acceptors (Lipinski definition) is 2. The minimum Gasteiger partial charge on any atom is -0.422 e. The fourth-order valence-electron chi connectivity index (χ4n) is 2.36. The van der Waals surface area contributed by atoms with Gasteiger partial charge < -0.3 is 10.2 Å². The first-order valence-electron chi connectivity index (χ1n) is 5.76. The summed E-state index contributed by atoms with van der Waals surface area (Å²) in [5.41, 5.74) is 5.62. The average Bonchev–Trinajstić information content (AvgIpc) is 2.11. The van der Waals surface area contributed by atoms with Gasteiger partial charge in [0.1, 0.15) is 10.5 Å². The molecule has 0 heterocycles. The predicted octanol–water partition coefficient (Wildman–Crippen LogP) is 1.46. The van der Waals surface area contributed by atoms with Crippen molar-refractivity contribution in [1.29, 1.82) is 0 Å². The molecule has 0 radical (unpaired) electrons. The molecule has 0 saturated carbocycles. The van der Waals surface area contributed by atoms with Gasteiger partial charge in [-0.3, -0.25) is 0 Å². The third-order valence-corrected chi connectivity index (χ3v) is 4.12. The quantitative estimate of drug-likeness (QED) is 0.518. The maximum atomic E-state index is 5.91. The number of nitrogens with two attached hydrogens (primary N) is 1. The van der Waals surface area contributed by atoms with E-state index < -0.39 is 0 Å². The van der Waals surface area contributed by atoms with E-state index >= 15 is 0 Å². The molecule has 2 nitrogen and oxygen atoms in total. The monoisotopic (exact) mass is 217 g/mol. The Labute approximate surface area is 92.1 Å². The van der Waals surface area contributed by atoms with Gasteiger partial charge in [0, 0.05) is 0 Å². The van der Waals surface area contributed by atoms with Crippen molar-refractivity contribution in [2.75, 3.05) is 6.54 Å². The molecular weight excluding hydrogens is 190 g/mol. The summed E-state index contributed by atoms with van der Waals surface area (Å²) >= 11 is 0. The molecule has 0 spiro atoms. The van der Waals surface area contributed by atoms with Crippen LogP contribution in [0.5, 0.6) is 0 Å². The van der Waals surface area contributed by atoms with Crippen molar-refractivity contribution >= 4 is 10.5 Å². The van der Waals surface area contributed by atoms with E-state index in [4.69, 9.17) is 10.2 Å². The molecule has 0 rings (SSSR count). The molecule has 0 aliphatic heterocycles. The van der Waals surface area contributed by atoms with Crippen LogP contribution in [0.3, 0.4) is 0 Å². The fraction of sp³-hybridized carbons (Fsp3) is 1.00. The zero-order valence-corrected chi connectivity index (χ0v) is 12.5. The highest BCUT2D eigenvalue weighted by Crippen LogP contribution is 2.34. The first-order valence-corrected chi connectivity index (χ1v) is 6.58. The summed E-state index contributed by atoms with van der Waals surface area (Å²) in [7, 11) is 0.829. The van der Waals surface area contributed by atoms with Crippen LogP contribution in [0.25, 0.3) is 0 Å². The van der Waals surface area contributed by atoms with E-state index in [-0.39, 0.29) is 5.60 Å². The average molecular weight is 217 g/mol. The predicted molar refractivity (Wildman–Crippen MR) is 66.3 cm³/mol. The molecule has 2 N–H and O–H groups in total. The molecule has 0 bridgehead atoms. The van der Waals surface area contributed by atoms with Crippen LogP contribution in [0.1, 0.15) is 47.0 Å². The Hall–Kier alpha value is 0.137. The third kappa shape index (κ3) is 3.37. The largest absolute Gasteiger partial charge is 0.422 e. The van der Waals surface area contributed by atoms with Gasteiger partial charge in [0.05, 0.1) is 5.60 Å². The second-order valence-corrected chi connectivity index (χ2v) is 5.12. The molecule has 0 atom stereocenters. The maximum Gasteiger partial charge on any atom is 0.146 e. The molecule has 0 aliphatic carbocycles. The first kappa shape index (κ1) is 14.1. The normalized spacial score (nSPS) is 13.1. The minimum absolute atomic E-state index is 0.0986. The van der Waals surface area contributed by atoms with E-state index in [2.05, 4.69) is 27.7 Å². The SMILES string of the molecule is CC(C)C(CCCCN)(O[SiH3])C(C)C. The Morgan fingerprint density at radius 1 is 1.14 bits per heavy atom. The minimum atomic E-state index is 0.0986.